The number of carbonyl (C=O) groups is 1. The molecule has 0 radical (unpaired) electrons. The Hall–Kier alpha value is -2.48. The summed E-state index contributed by atoms with van der Waals surface area (Å²) in [5.41, 5.74) is 9.79. The molecule has 33 heavy (non-hydrogen) atoms. The van der Waals surface area contributed by atoms with Gasteiger partial charge in [-0.15, -0.1) is 0 Å². The number of aromatic nitrogens is 1. The highest BCUT2D eigenvalue weighted by atomic mass is 16.5. The van der Waals surface area contributed by atoms with E-state index in [1.54, 1.807) is 13.3 Å². The summed E-state index contributed by atoms with van der Waals surface area (Å²) in [6.45, 7) is 6.17. The molecule has 2 aliphatic rings. The zero-order valence-electron chi connectivity index (χ0n) is 19.7. The van der Waals surface area contributed by atoms with Gasteiger partial charge in [0.05, 0.1) is 18.3 Å². The predicted octanol–water partition coefficient (Wildman–Crippen LogP) is 2.97. The van der Waals surface area contributed by atoms with Crippen molar-refractivity contribution in [3.05, 3.63) is 47.7 Å². The first-order valence-electron chi connectivity index (χ1n) is 11.9. The van der Waals surface area contributed by atoms with E-state index in [-0.39, 0.29) is 29.3 Å². The zero-order valence-corrected chi connectivity index (χ0v) is 19.7. The molecule has 1 aliphatic heterocycles. The molecule has 1 atom stereocenters. The summed E-state index contributed by atoms with van der Waals surface area (Å²) < 4.78 is 5.23. The van der Waals surface area contributed by atoms with Crippen molar-refractivity contribution < 1.29 is 14.6 Å². The summed E-state index contributed by atoms with van der Waals surface area (Å²) in [7, 11) is 1.75. The van der Waals surface area contributed by atoms with Gasteiger partial charge < -0.3 is 25.8 Å². The van der Waals surface area contributed by atoms with Crippen molar-refractivity contribution in [2.24, 2.45) is 0 Å². The van der Waals surface area contributed by atoms with Crippen LogP contribution in [0.3, 0.4) is 0 Å². The van der Waals surface area contributed by atoms with Crippen molar-refractivity contribution in [1.29, 1.82) is 0 Å². The van der Waals surface area contributed by atoms with Crippen LogP contribution < -0.4 is 11.1 Å². The second-order valence-corrected chi connectivity index (χ2v) is 9.79. The van der Waals surface area contributed by atoms with Crippen LogP contribution in [0.2, 0.25) is 0 Å². The van der Waals surface area contributed by atoms with E-state index in [0.717, 1.165) is 56.6 Å². The molecule has 4 rings (SSSR count). The Morgan fingerprint density at radius 2 is 1.97 bits per heavy atom. The Morgan fingerprint density at radius 1 is 1.24 bits per heavy atom. The predicted molar refractivity (Wildman–Crippen MR) is 130 cm³/mol. The Balaban J connectivity index is 1.45. The number of ether oxygens (including phenoxy) is 1. The second kappa shape index (κ2) is 10.2. The molecular formula is C26H36N4O3. The molecule has 7 heteroatoms. The van der Waals surface area contributed by atoms with Gasteiger partial charge in [0.2, 0.25) is 0 Å². The van der Waals surface area contributed by atoms with E-state index >= 15 is 0 Å². The van der Waals surface area contributed by atoms with Crippen molar-refractivity contribution in [3.8, 4) is 11.1 Å². The Bertz CT molecular complexity index is 957. The number of methoxy groups -OCH3 is 1. The van der Waals surface area contributed by atoms with Crippen LogP contribution in [0.4, 0.5) is 5.82 Å². The van der Waals surface area contributed by atoms with Crippen LogP contribution in [0.1, 0.15) is 54.9 Å². The minimum absolute atomic E-state index is 0.0684. The lowest BCUT2D eigenvalue weighted by Gasteiger charge is -2.26. The minimum Gasteiger partial charge on any atom is -0.393 e. The number of amides is 1. The molecule has 1 saturated carbocycles. The van der Waals surface area contributed by atoms with Crippen LogP contribution in [0.25, 0.3) is 11.1 Å². The molecule has 0 spiro atoms. The fraction of sp³-hybridized carbons (Fsp3) is 0.538. The molecular weight excluding hydrogens is 416 g/mol. The third-order valence-electron chi connectivity index (χ3n) is 7.27. The lowest BCUT2D eigenvalue weighted by molar-refractivity contribution is 0.0868. The third-order valence-corrected chi connectivity index (χ3v) is 7.27. The number of nitrogens with one attached hydrogen (secondary N) is 1. The van der Waals surface area contributed by atoms with Crippen LogP contribution in [-0.4, -0.2) is 66.4 Å². The van der Waals surface area contributed by atoms with Crippen molar-refractivity contribution >= 4 is 11.7 Å². The lowest BCUT2D eigenvalue weighted by Crippen LogP contribution is -2.38. The fourth-order valence-corrected chi connectivity index (χ4v) is 5.07. The number of nitrogen functional groups attached to an aromatic ring is 1. The van der Waals surface area contributed by atoms with Gasteiger partial charge >= 0.3 is 0 Å². The first-order chi connectivity index (χ1) is 15.9. The summed E-state index contributed by atoms with van der Waals surface area (Å²) in [6.07, 6.45) is 5.59. The van der Waals surface area contributed by atoms with Gasteiger partial charge in [0.15, 0.2) is 0 Å². The van der Waals surface area contributed by atoms with E-state index in [1.807, 2.05) is 6.07 Å². The number of hydrogen-bond acceptors (Lipinski definition) is 6. The molecule has 1 aromatic carbocycles. The largest absolute Gasteiger partial charge is 0.393 e. The highest BCUT2D eigenvalue weighted by molar-refractivity contribution is 5.99. The summed E-state index contributed by atoms with van der Waals surface area (Å²) >= 11 is 0. The van der Waals surface area contributed by atoms with Gasteiger partial charge in [-0.3, -0.25) is 4.79 Å². The number of likely N-dealkylation sites (tertiary alicyclic amines) is 1. The Morgan fingerprint density at radius 3 is 2.67 bits per heavy atom. The number of rotatable bonds is 7. The van der Waals surface area contributed by atoms with E-state index < -0.39 is 0 Å². The van der Waals surface area contributed by atoms with Crippen LogP contribution in [0, 0.1) is 0 Å². The molecule has 7 nitrogen and oxygen atoms in total. The smallest absolute Gasteiger partial charge is 0.255 e. The molecule has 4 N–H and O–H groups in total. The maximum absolute atomic E-state index is 12.9. The zero-order chi connectivity index (χ0) is 23.4. The van der Waals surface area contributed by atoms with Gasteiger partial charge in [0.25, 0.3) is 5.91 Å². The summed E-state index contributed by atoms with van der Waals surface area (Å²) in [4.78, 5) is 19.6. The monoisotopic (exact) mass is 452 g/mol. The van der Waals surface area contributed by atoms with Gasteiger partial charge in [0.1, 0.15) is 5.82 Å². The van der Waals surface area contributed by atoms with Crippen LogP contribution >= 0.6 is 0 Å². The number of pyridine rings is 1. The molecule has 0 bridgehead atoms. The third kappa shape index (κ3) is 5.54. The summed E-state index contributed by atoms with van der Waals surface area (Å²) in [5.74, 6) is 0.0350. The maximum atomic E-state index is 12.9. The summed E-state index contributed by atoms with van der Waals surface area (Å²) in [5, 5.41) is 12.7. The molecule has 2 aromatic rings. The fourth-order valence-electron chi connectivity index (χ4n) is 5.07. The standard InChI is InChI=1S/C26H36N4O3/c1-26(11-12-30(17-26)13-14-33-2)20-5-3-18(4-6-20)19-15-23(24(27)28-16-19)25(32)29-21-7-9-22(31)10-8-21/h3-6,15-16,21-22,31H,7-14,17H2,1-2H3,(H2,27,28)(H,29,32)/t21?,22?,26-/m0/s1. The highest BCUT2D eigenvalue weighted by Gasteiger charge is 2.35. The van der Waals surface area contributed by atoms with E-state index in [9.17, 15) is 9.90 Å². The van der Waals surface area contributed by atoms with E-state index in [4.69, 9.17) is 10.5 Å². The number of benzene rings is 1. The summed E-state index contributed by atoms with van der Waals surface area (Å²) in [6, 6.07) is 10.5. The number of nitrogens with two attached hydrogens (primary N) is 1. The normalized spacial score (nSPS) is 25.8. The molecule has 2 fully saturated rings. The average Bonchev–Trinajstić information content (AvgIpc) is 3.21. The topological polar surface area (TPSA) is 101 Å². The number of anilines is 1. The molecule has 1 aliphatic carbocycles. The lowest BCUT2D eigenvalue weighted by atomic mass is 9.81. The van der Waals surface area contributed by atoms with E-state index in [0.29, 0.717) is 18.4 Å². The Labute approximate surface area is 196 Å². The number of carbonyl (C=O) groups excluding carboxylic acids is 1. The first kappa shape index (κ1) is 23.7. The molecule has 0 unspecified atom stereocenters. The van der Waals surface area contributed by atoms with Gasteiger partial charge in [-0.1, -0.05) is 31.2 Å². The van der Waals surface area contributed by atoms with Crippen LogP contribution in [0.5, 0.6) is 0 Å². The van der Waals surface area contributed by atoms with Crippen molar-refractivity contribution in [2.75, 3.05) is 39.1 Å². The van der Waals surface area contributed by atoms with Crippen molar-refractivity contribution in [2.45, 2.75) is 56.6 Å². The van der Waals surface area contributed by atoms with Gasteiger partial charge in [0, 0.05) is 43.4 Å². The molecule has 178 valence electrons. The molecule has 1 amide bonds. The Kier molecular flexibility index (Phi) is 7.32. The number of aliphatic hydroxyl groups is 1. The average molecular weight is 453 g/mol. The maximum Gasteiger partial charge on any atom is 0.255 e. The van der Waals surface area contributed by atoms with Gasteiger partial charge in [-0.2, -0.15) is 0 Å². The minimum atomic E-state index is -0.254. The van der Waals surface area contributed by atoms with Crippen LogP contribution in [-0.2, 0) is 10.2 Å². The first-order valence-corrected chi connectivity index (χ1v) is 11.9. The van der Waals surface area contributed by atoms with Gasteiger partial charge in [-0.25, -0.2) is 4.98 Å². The highest BCUT2D eigenvalue weighted by Crippen LogP contribution is 2.35. The molecule has 2 heterocycles. The second-order valence-electron chi connectivity index (χ2n) is 9.79. The van der Waals surface area contributed by atoms with Gasteiger partial charge in [-0.05, 0) is 55.8 Å². The van der Waals surface area contributed by atoms with Crippen LogP contribution in [0.15, 0.2) is 36.5 Å². The molecule has 1 aromatic heterocycles. The SMILES string of the molecule is COCCN1CC[C@](C)(c2ccc(-c3cnc(N)c(C(=O)NC4CCC(O)CC4)c3)cc2)C1. The van der Waals surface area contributed by atoms with E-state index in [1.165, 1.54) is 5.56 Å². The quantitative estimate of drug-likeness (QED) is 0.597. The van der Waals surface area contributed by atoms with E-state index in [2.05, 4.69) is 46.4 Å². The number of nitrogens with zero attached hydrogens (tertiary/aromatic N) is 2. The molecule has 1 saturated heterocycles. The van der Waals surface area contributed by atoms with Crippen molar-refractivity contribution in [1.82, 2.24) is 15.2 Å². The number of aliphatic hydroxyl groups excluding tert-OH is 1. The number of hydrogen-bond donors (Lipinski definition) is 3. The van der Waals surface area contributed by atoms with Crippen molar-refractivity contribution in [3.63, 3.8) is 0 Å².